The molecule has 4 unspecified atom stereocenters. The van der Waals surface area contributed by atoms with Gasteiger partial charge in [-0.2, -0.15) is 0 Å². The van der Waals surface area contributed by atoms with Gasteiger partial charge in [0.1, 0.15) is 0 Å². The zero-order valence-corrected chi connectivity index (χ0v) is 6.49. The lowest BCUT2D eigenvalue weighted by Crippen LogP contribution is -2.37. The molecule has 3 aliphatic rings. The Morgan fingerprint density at radius 3 is 2.64 bits per heavy atom. The van der Waals surface area contributed by atoms with Crippen molar-refractivity contribution >= 4 is 5.97 Å². The summed E-state index contributed by atoms with van der Waals surface area (Å²) in [5, 5.41) is 9.35. The molecule has 2 bridgehead atoms. The summed E-state index contributed by atoms with van der Waals surface area (Å²) in [6.07, 6.45) is 1.56. The molecule has 3 aliphatic carbocycles. The van der Waals surface area contributed by atoms with Crippen molar-refractivity contribution < 1.29 is 14.6 Å². The van der Waals surface area contributed by atoms with Crippen molar-refractivity contribution in [1.82, 2.24) is 0 Å². The van der Waals surface area contributed by atoms with Crippen LogP contribution in [0.5, 0.6) is 0 Å². The number of carbonyl (C=O) groups excluding carboxylic acids is 1. The van der Waals surface area contributed by atoms with Crippen LogP contribution in [-0.4, -0.2) is 24.3 Å². The van der Waals surface area contributed by atoms with Crippen LogP contribution in [0.4, 0.5) is 0 Å². The van der Waals surface area contributed by atoms with E-state index in [1.54, 1.807) is 0 Å². The van der Waals surface area contributed by atoms with Crippen molar-refractivity contribution in [3.8, 4) is 0 Å². The van der Waals surface area contributed by atoms with Gasteiger partial charge in [0.15, 0.2) is 0 Å². The van der Waals surface area contributed by atoms with E-state index in [1.165, 1.54) is 7.11 Å². The van der Waals surface area contributed by atoms with Crippen LogP contribution in [0.2, 0.25) is 0 Å². The molecule has 0 heterocycles. The fourth-order valence-electron chi connectivity index (χ4n) is 2.42. The Hall–Kier alpha value is -0.570. The second-order valence-electron chi connectivity index (χ2n) is 3.51. The van der Waals surface area contributed by atoms with Crippen LogP contribution in [0.3, 0.4) is 0 Å². The van der Waals surface area contributed by atoms with E-state index >= 15 is 0 Å². The average Bonchev–Trinajstić information content (AvgIpc) is 2.43. The van der Waals surface area contributed by atoms with E-state index in [4.69, 9.17) is 0 Å². The van der Waals surface area contributed by atoms with Gasteiger partial charge < -0.3 is 9.84 Å². The fraction of sp³-hybridized carbons (Fsp3) is 0.875. The van der Waals surface area contributed by atoms with Crippen LogP contribution in [-0.2, 0) is 9.53 Å². The molecule has 0 aliphatic heterocycles. The minimum Gasteiger partial charge on any atom is -0.469 e. The van der Waals surface area contributed by atoms with Gasteiger partial charge in [-0.1, -0.05) is 0 Å². The Morgan fingerprint density at radius 1 is 1.55 bits per heavy atom. The Bertz CT molecular complexity index is 190. The molecule has 3 nitrogen and oxygen atoms in total. The van der Waals surface area contributed by atoms with Gasteiger partial charge >= 0.3 is 5.97 Å². The molecule has 3 saturated carbocycles. The molecule has 3 rings (SSSR count). The van der Waals surface area contributed by atoms with Crippen molar-refractivity contribution in [3.63, 3.8) is 0 Å². The number of carbonyl (C=O) groups is 1. The predicted octanol–water partition coefficient (Wildman–Crippen LogP) is 0.176. The maximum absolute atomic E-state index is 11.1. The van der Waals surface area contributed by atoms with Gasteiger partial charge in [-0.15, -0.1) is 0 Å². The normalized spacial score (nSPS) is 46.7. The second-order valence-corrected chi connectivity index (χ2v) is 3.51. The third-order valence-electron chi connectivity index (χ3n) is 3.06. The monoisotopic (exact) mass is 156 g/mol. The summed E-state index contributed by atoms with van der Waals surface area (Å²) < 4.78 is 4.63. The van der Waals surface area contributed by atoms with Crippen LogP contribution in [0.1, 0.15) is 12.8 Å². The third kappa shape index (κ3) is 0.805. The highest BCUT2D eigenvalue weighted by Crippen LogP contribution is 2.53. The Kier molecular flexibility index (Phi) is 1.42. The van der Waals surface area contributed by atoms with Gasteiger partial charge in [0.2, 0.25) is 0 Å². The van der Waals surface area contributed by atoms with Crippen LogP contribution >= 0.6 is 0 Å². The maximum Gasteiger partial charge on any atom is 0.309 e. The lowest BCUT2D eigenvalue weighted by atomic mass is 9.72. The molecule has 0 radical (unpaired) electrons. The predicted molar refractivity (Wildman–Crippen MR) is 37.7 cm³/mol. The number of aliphatic hydroxyl groups is 1. The summed E-state index contributed by atoms with van der Waals surface area (Å²) in [5.74, 6) is 0.479. The molecule has 0 spiro atoms. The summed E-state index contributed by atoms with van der Waals surface area (Å²) in [6.45, 7) is 0. The lowest BCUT2D eigenvalue weighted by Gasteiger charge is -2.33. The van der Waals surface area contributed by atoms with Crippen LogP contribution in [0, 0.1) is 17.8 Å². The average molecular weight is 156 g/mol. The molecule has 0 aromatic rings. The van der Waals surface area contributed by atoms with E-state index in [2.05, 4.69) is 4.74 Å². The molecule has 0 aromatic heterocycles. The van der Waals surface area contributed by atoms with E-state index < -0.39 is 0 Å². The highest BCUT2D eigenvalue weighted by Gasteiger charge is 2.56. The zero-order chi connectivity index (χ0) is 8.01. The standard InChI is InChI=1S/C8H12O3/c1-11-8(10)7-4-2-5(7)6(9)3-4/h4-7,9H,2-3H2,1H3. The van der Waals surface area contributed by atoms with Crippen LogP contribution < -0.4 is 0 Å². The Morgan fingerprint density at radius 2 is 2.27 bits per heavy atom. The summed E-state index contributed by atoms with van der Waals surface area (Å²) in [6, 6.07) is 0. The van der Waals surface area contributed by atoms with Gasteiger partial charge in [-0.3, -0.25) is 4.79 Å². The number of rotatable bonds is 1. The molecule has 62 valence electrons. The molecule has 1 N–H and O–H groups in total. The molecular weight excluding hydrogens is 144 g/mol. The summed E-state index contributed by atoms with van der Waals surface area (Å²) >= 11 is 0. The number of esters is 1. The Labute approximate surface area is 65.4 Å². The third-order valence-corrected chi connectivity index (χ3v) is 3.06. The van der Waals surface area contributed by atoms with Gasteiger partial charge in [0.05, 0.1) is 19.1 Å². The minimum atomic E-state index is -0.246. The fourth-order valence-corrected chi connectivity index (χ4v) is 2.42. The van der Waals surface area contributed by atoms with Gasteiger partial charge in [0, 0.05) is 0 Å². The van der Waals surface area contributed by atoms with Crippen molar-refractivity contribution in [3.05, 3.63) is 0 Å². The van der Waals surface area contributed by atoms with Gasteiger partial charge in [0.25, 0.3) is 0 Å². The first-order valence-corrected chi connectivity index (χ1v) is 4.00. The first kappa shape index (κ1) is 7.10. The van der Waals surface area contributed by atoms with Crippen molar-refractivity contribution in [2.75, 3.05) is 7.11 Å². The SMILES string of the molecule is COC(=O)C1C2CC(O)C1C2. The van der Waals surface area contributed by atoms with E-state index in [1.807, 2.05) is 0 Å². The smallest absolute Gasteiger partial charge is 0.309 e. The first-order valence-electron chi connectivity index (χ1n) is 4.00. The molecule has 0 saturated heterocycles. The number of methoxy groups -OCH3 is 1. The number of hydrogen-bond acceptors (Lipinski definition) is 3. The van der Waals surface area contributed by atoms with E-state index in [-0.39, 0.29) is 23.9 Å². The molecular formula is C8H12O3. The topological polar surface area (TPSA) is 46.5 Å². The molecule has 4 atom stereocenters. The highest BCUT2D eigenvalue weighted by molar-refractivity contribution is 5.74. The maximum atomic E-state index is 11.1. The molecule has 0 amide bonds. The summed E-state index contributed by atoms with van der Waals surface area (Å²) in [7, 11) is 1.41. The molecule has 11 heavy (non-hydrogen) atoms. The number of fused-ring (bicyclic) bond motifs is 1. The number of ether oxygens (including phenoxy) is 1. The van der Waals surface area contributed by atoms with Crippen LogP contribution in [0.25, 0.3) is 0 Å². The largest absolute Gasteiger partial charge is 0.469 e. The van der Waals surface area contributed by atoms with Gasteiger partial charge in [-0.05, 0) is 24.7 Å². The minimum absolute atomic E-state index is 0.00926. The molecule has 0 aromatic carbocycles. The van der Waals surface area contributed by atoms with E-state index in [0.717, 1.165) is 12.8 Å². The van der Waals surface area contributed by atoms with E-state index in [0.29, 0.717) is 5.92 Å². The van der Waals surface area contributed by atoms with Crippen molar-refractivity contribution in [1.29, 1.82) is 0 Å². The van der Waals surface area contributed by atoms with Crippen molar-refractivity contribution in [2.24, 2.45) is 17.8 Å². The number of hydrogen-bond donors (Lipinski definition) is 1. The number of aliphatic hydroxyl groups excluding tert-OH is 1. The second kappa shape index (κ2) is 2.21. The molecule has 3 fully saturated rings. The Balaban J connectivity index is 2.05. The van der Waals surface area contributed by atoms with Crippen molar-refractivity contribution in [2.45, 2.75) is 18.9 Å². The quantitative estimate of drug-likeness (QED) is 0.551. The summed E-state index contributed by atoms with van der Waals surface area (Å²) in [4.78, 5) is 11.1. The summed E-state index contributed by atoms with van der Waals surface area (Å²) in [5.41, 5.74) is 0. The zero-order valence-electron chi connectivity index (χ0n) is 6.49. The lowest BCUT2D eigenvalue weighted by molar-refractivity contribution is -0.153. The van der Waals surface area contributed by atoms with E-state index in [9.17, 15) is 9.90 Å². The highest BCUT2D eigenvalue weighted by atomic mass is 16.5. The molecule has 3 heteroatoms. The van der Waals surface area contributed by atoms with Crippen LogP contribution in [0.15, 0.2) is 0 Å². The first-order chi connectivity index (χ1) is 5.24. The van der Waals surface area contributed by atoms with Gasteiger partial charge in [-0.25, -0.2) is 0 Å².